The molecular formula is C6H10O3. The number of rotatable bonds is 0. The Kier molecular flexibility index (Phi) is 2.05. The summed E-state index contributed by atoms with van der Waals surface area (Å²) < 4.78 is 4.67. The Balaban J connectivity index is 2.34. The van der Waals surface area contributed by atoms with Crippen molar-refractivity contribution in [3.63, 3.8) is 0 Å². The highest BCUT2D eigenvalue weighted by atomic mass is 16.5. The first-order chi connectivity index (χ1) is 4.29. The molecule has 0 radical (unpaired) electrons. The second kappa shape index (κ2) is 2.82. The minimum Gasteiger partial charge on any atom is -0.466 e. The molecule has 0 aromatic rings. The smallest absolute Gasteiger partial charge is 0.305 e. The predicted octanol–water partition coefficient (Wildman–Crippen LogP) is 0.0744. The molecule has 1 fully saturated rings. The van der Waals surface area contributed by atoms with E-state index in [4.69, 9.17) is 5.11 Å². The third kappa shape index (κ3) is 2.01. The van der Waals surface area contributed by atoms with Gasteiger partial charge >= 0.3 is 5.97 Å². The van der Waals surface area contributed by atoms with Crippen LogP contribution in [0.5, 0.6) is 0 Å². The molecule has 0 spiro atoms. The van der Waals surface area contributed by atoms with Crippen molar-refractivity contribution in [1.29, 1.82) is 0 Å². The molecule has 0 aromatic carbocycles. The molecule has 0 bridgehead atoms. The van der Waals surface area contributed by atoms with Gasteiger partial charge < -0.3 is 9.84 Å². The van der Waals surface area contributed by atoms with Crippen molar-refractivity contribution in [2.24, 2.45) is 0 Å². The summed E-state index contributed by atoms with van der Waals surface area (Å²) in [7, 11) is 0. The minimum atomic E-state index is -0.337. The van der Waals surface area contributed by atoms with Gasteiger partial charge in [-0.2, -0.15) is 0 Å². The monoisotopic (exact) mass is 130 g/mol. The van der Waals surface area contributed by atoms with E-state index in [1.54, 1.807) is 0 Å². The van der Waals surface area contributed by atoms with E-state index >= 15 is 0 Å². The van der Waals surface area contributed by atoms with Crippen LogP contribution in [0.2, 0.25) is 0 Å². The number of carbonyl (C=O) groups is 1. The molecule has 0 unspecified atom stereocenters. The molecule has 1 saturated heterocycles. The zero-order valence-corrected chi connectivity index (χ0v) is 5.17. The highest BCUT2D eigenvalue weighted by Gasteiger charge is 2.13. The van der Waals surface area contributed by atoms with E-state index < -0.39 is 0 Å². The number of ether oxygens (including phenoxy) is 1. The fraction of sp³-hybridized carbons (Fsp3) is 0.833. The van der Waals surface area contributed by atoms with Crippen molar-refractivity contribution in [3.05, 3.63) is 0 Å². The molecule has 9 heavy (non-hydrogen) atoms. The van der Waals surface area contributed by atoms with E-state index in [9.17, 15) is 4.79 Å². The van der Waals surface area contributed by atoms with Crippen LogP contribution in [-0.2, 0) is 9.53 Å². The summed E-state index contributed by atoms with van der Waals surface area (Å²) in [6.45, 7) is 0.375. The Hall–Kier alpha value is -0.570. The zero-order valence-electron chi connectivity index (χ0n) is 5.17. The Labute approximate surface area is 53.6 Å². The van der Waals surface area contributed by atoms with Crippen LogP contribution in [0, 0.1) is 0 Å². The molecule has 0 aromatic heterocycles. The van der Waals surface area contributed by atoms with E-state index in [0.29, 0.717) is 25.9 Å². The molecule has 1 N–H and O–H groups in total. The van der Waals surface area contributed by atoms with Crippen LogP contribution in [0.25, 0.3) is 0 Å². The molecule has 1 aliphatic rings. The quantitative estimate of drug-likeness (QED) is 0.472. The Morgan fingerprint density at radius 3 is 3.11 bits per heavy atom. The SMILES string of the molecule is O=C1CC[C@H](O)CCO1. The third-order valence-corrected chi connectivity index (χ3v) is 1.40. The molecule has 3 nitrogen and oxygen atoms in total. The van der Waals surface area contributed by atoms with Gasteiger partial charge in [0.05, 0.1) is 12.7 Å². The summed E-state index contributed by atoms with van der Waals surface area (Å²) in [5, 5.41) is 8.97. The van der Waals surface area contributed by atoms with E-state index in [-0.39, 0.29) is 12.1 Å². The average Bonchev–Trinajstić information content (AvgIpc) is 1.97. The van der Waals surface area contributed by atoms with E-state index in [1.807, 2.05) is 0 Å². The van der Waals surface area contributed by atoms with Crippen molar-refractivity contribution in [2.75, 3.05) is 6.61 Å². The Bertz CT molecular complexity index is 111. The number of hydrogen-bond acceptors (Lipinski definition) is 3. The van der Waals surface area contributed by atoms with Gasteiger partial charge in [0.15, 0.2) is 0 Å². The molecule has 1 rings (SSSR count). The van der Waals surface area contributed by atoms with Gasteiger partial charge in [-0.15, -0.1) is 0 Å². The second-order valence-corrected chi connectivity index (χ2v) is 2.20. The number of aliphatic hydroxyl groups excluding tert-OH is 1. The molecule has 0 saturated carbocycles. The predicted molar refractivity (Wildman–Crippen MR) is 30.8 cm³/mol. The van der Waals surface area contributed by atoms with Gasteiger partial charge in [0.25, 0.3) is 0 Å². The summed E-state index contributed by atoms with van der Waals surface area (Å²) in [5.41, 5.74) is 0. The molecule has 1 aliphatic heterocycles. The lowest BCUT2D eigenvalue weighted by molar-refractivity contribution is -0.142. The van der Waals surface area contributed by atoms with Crippen molar-refractivity contribution in [3.8, 4) is 0 Å². The lowest BCUT2D eigenvalue weighted by Gasteiger charge is -2.00. The summed E-state index contributed by atoms with van der Waals surface area (Å²) >= 11 is 0. The van der Waals surface area contributed by atoms with Gasteiger partial charge in [0.2, 0.25) is 0 Å². The number of carbonyl (C=O) groups excluding carboxylic acids is 1. The van der Waals surface area contributed by atoms with Crippen molar-refractivity contribution in [1.82, 2.24) is 0 Å². The first-order valence-electron chi connectivity index (χ1n) is 3.13. The summed E-state index contributed by atoms with van der Waals surface area (Å²) in [6, 6.07) is 0. The maximum absolute atomic E-state index is 10.5. The third-order valence-electron chi connectivity index (χ3n) is 1.40. The van der Waals surface area contributed by atoms with Gasteiger partial charge in [-0.25, -0.2) is 0 Å². The van der Waals surface area contributed by atoms with E-state index in [0.717, 1.165) is 0 Å². The fourth-order valence-electron chi connectivity index (χ4n) is 0.810. The van der Waals surface area contributed by atoms with Crippen molar-refractivity contribution in [2.45, 2.75) is 25.4 Å². The highest BCUT2D eigenvalue weighted by molar-refractivity contribution is 5.69. The summed E-state index contributed by atoms with van der Waals surface area (Å²) in [5.74, 6) is -0.188. The number of aliphatic hydroxyl groups is 1. The van der Waals surface area contributed by atoms with Gasteiger partial charge in [0.1, 0.15) is 0 Å². The van der Waals surface area contributed by atoms with Crippen LogP contribution in [0.3, 0.4) is 0 Å². The molecule has 52 valence electrons. The molecule has 1 heterocycles. The average molecular weight is 130 g/mol. The summed E-state index contributed by atoms with van der Waals surface area (Å²) in [6.07, 6.45) is 1.17. The minimum absolute atomic E-state index is 0.188. The van der Waals surface area contributed by atoms with Crippen LogP contribution < -0.4 is 0 Å². The topological polar surface area (TPSA) is 46.5 Å². The molecule has 0 aliphatic carbocycles. The van der Waals surface area contributed by atoms with E-state index in [1.165, 1.54) is 0 Å². The van der Waals surface area contributed by atoms with Crippen LogP contribution in [0.15, 0.2) is 0 Å². The van der Waals surface area contributed by atoms with Crippen LogP contribution >= 0.6 is 0 Å². The standard InChI is InChI=1S/C6H10O3/c7-5-1-2-6(8)9-4-3-5/h5,7H,1-4H2/t5-/m0/s1. The normalized spacial score (nSPS) is 29.0. The van der Waals surface area contributed by atoms with Gasteiger partial charge in [-0.05, 0) is 6.42 Å². The lowest BCUT2D eigenvalue weighted by Crippen LogP contribution is -2.04. The highest BCUT2D eigenvalue weighted by Crippen LogP contribution is 2.07. The number of esters is 1. The maximum Gasteiger partial charge on any atom is 0.305 e. The van der Waals surface area contributed by atoms with Crippen LogP contribution in [-0.4, -0.2) is 23.8 Å². The first kappa shape index (κ1) is 6.55. The van der Waals surface area contributed by atoms with Crippen LogP contribution in [0.4, 0.5) is 0 Å². The number of hydrogen-bond donors (Lipinski definition) is 1. The molecule has 0 amide bonds. The molecule has 1 atom stereocenters. The van der Waals surface area contributed by atoms with Crippen molar-refractivity contribution >= 4 is 5.97 Å². The number of cyclic esters (lactones) is 1. The Morgan fingerprint density at radius 2 is 2.33 bits per heavy atom. The zero-order chi connectivity index (χ0) is 6.69. The molecular weight excluding hydrogens is 120 g/mol. The van der Waals surface area contributed by atoms with Crippen LogP contribution in [0.1, 0.15) is 19.3 Å². The lowest BCUT2D eigenvalue weighted by atomic mass is 10.2. The second-order valence-electron chi connectivity index (χ2n) is 2.20. The Morgan fingerprint density at radius 1 is 1.56 bits per heavy atom. The largest absolute Gasteiger partial charge is 0.466 e. The van der Waals surface area contributed by atoms with E-state index in [2.05, 4.69) is 4.74 Å². The van der Waals surface area contributed by atoms with Gasteiger partial charge in [-0.3, -0.25) is 4.79 Å². The van der Waals surface area contributed by atoms with Gasteiger partial charge in [0, 0.05) is 12.8 Å². The fourth-order valence-corrected chi connectivity index (χ4v) is 0.810. The van der Waals surface area contributed by atoms with Gasteiger partial charge in [-0.1, -0.05) is 0 Å². The van der Waals surface area contributed by atoms with Crippen molar-refractivity contribution < 1.29 is 14.6 Å². The molecule has 3 heteroatoms. The summed E-state index contributed by atoms with van der Waals surface area (Å²) in [4.78, 5) is 10.5. The maximum atomic E-state index is 10.5. The first-order valence-corrected chi connectivity index (χ1v) is 3.13.